The molecule has 0 unspecified atom stereocenters. The van der Waals surface area contributed by atoms with Gasteiger partial charge >= 0.3 is 0 Å². The standard InChI is InChI=1S/C16H22N4/c1-2-3-7-12-20-16(15(13-17)18-19-20)11-10-14-8-5-4-6-9-14/h4-6,8-11H,2-3,7,12-13,17H2,1H3/b11-10+. The summed E-state index contributed by atoms with van der Waals surface area (Å²) in [7, 11) is 0. The van der Waals surface area contributed by atoms with Crippen molar-refractivity contribution in [3.05, 3.63) is 47.3 Å². The lowest BCUT2D eigenvalue weighted by Gasteiger charge is -2.03. The van der Waals surface area contributed by atoms with Crippen LogP contribution >= 0.6 is 0 Å². The van der Waals surface area contributed by atoms with Crippen molar-refractivity contribution >= 4 is 12.2 Å². The normalized spacial score (nSPS) is 11.3. The summed E-state index contributed by atoms with van der Waals surface area (Å²) in [6, 6.07) is 10.2. The molecule has 0 fully saturated rings. The SMILES string of the molecule is CCCCCn1nnc(CN)c1/C=C/c1ccccc1. The van der Waals surface area contributed by atoms with E-state index in [1.54, 1.807) is 0 Å². The predicted octanol–water partition coefficient (Wildman–Crippen LogP) is 3.10. The second-order valence-corrected chi connectivity index (χ2v) is 4.80. The molecule has 1 aromatic heterocycles. The molecule has 0 bridgehead atoms. The van der Waals surface area contributed by atoms with Crippen LogP contribution < -0.4 is 5.73 Å². The van der Waals surface area contributed by atoms with Crippen LogP contribution in [0.4, 0.5) is 0 Å². The van der Waals surface area contributed by atoms with Gasteiger partial charge in [-0.2, -0.15) is 0 Å². The molecule has 20 heavy (non-hydrogen) atoms. The number of hydrogen-bond acceptors (Lipinski definition) is 3. The highest BCUT2D eigenvalue weighted by Crippen LogP contribution is 2.12. The van der Waals surface area contributed by atoms with Crippen LogP contribution in [-0.2, 0) is 13.1 Å². The number of nitrogens with zero attached hydrogens (tertiary/aromatic N) is 3. The van der Waals surface area contributed by atoms with Crippen molar-refractivity contribution in [2.24, 2.45) is 5.73 Å². The molecule has 2 N–H and O–H groups in total. The zero-order valence-corrected chi connectivity index (χ0v) is 12.0. The van der Waals surface area contributed by atoms with Crippen molar-refractivity contribution in [3.63, 3.8) is 0 Å². The minimum atomic E-state index is 0.419. The lowest BCUT2D eigenvalue weighted by molar-refractivity contribution is 0.534. The van der Waals surface area contributed by atoms with Gasteiger partial charge in [0.1, 0.15) is 5.69 Å². The number of hydrogen-bond donors (Lipinski definition) is 1. The Morgan fingerprint density at radius 3 is 2.65 bits per heavy atom. The molecule has 0 aliphatic carbocycles. The van der Waals surface area contributed by atoms with E-state index < -0.39 is 0 Å². The van der Waals surface area contributed by atoms with Crippen molar-refractivity contribution < 1.29 is 0 Å². The molecule has 0 spiro atoms. The fraction of sp³-hybridized carbons (Fsp3) is 0.375. The van der Waals surface area contributed by atoms with Gasteiger partial charge in [0, 0.05) is 13.1 Å². The van der Waals surface area contributed by atoms with E-state index in [1.165, 1.54) is 12.8 Å². The Kier molecular flexibility index (Phi) is 5.50. The first-order valence-electron chi connectivity index (χ1n) is 7.20. The molecular formula is C16H22N4. The van der Waals surface area contributed by atoms with Gasteiger partial charge in [0.2, 0.25) is 0 Å². The molecule has 0 radical (unpaired) electrons. The van der Waals surface area contributed by atoms with E-state index in [-0.39, 0.29) is 0 Å². The number of unbranched alkanes of at least 4 members (excludes halogenated alkanes) is 2. The Bertz CT molecular complexity index is 543. The smallest absolute Gasteiger partial charge is 0.104 e. The van der Waals surface area contributed by atoms with E-state index in [0.717, 1.165) is 29.9 Å². The largest absolute Gasteiger partial charge is 0.325 e. The van der Waals surface area contributed by atoms with Gasteiger partial charge in [0.05, 0.1) is 5.69 Å². The monoisotopic (exact) mass is 270 g/mol. The summed E-state index contributed by atoms with van der Waals surface area (Å²) in [4.78, 5) is 0. The second-order valence-electron chi connectivity index (χ2n) is 4.80. The third-order valence-corrected chi connectivity index (χ3v) is 3.25. The fourth-order valence-corrected chi connectivity index (χ4v) is 2.10. The third kappa shape index (κ3) is 3.78. The zero-order chi connectivity index (χ0) is 14.2. The highest BCUT2D eigenvalue weighted by atomic mass is 15.4. The minimum absolute atomic E-state index is 0.419. The summed E-state index contributed by atoms with van der Waals surface area (Å²) in [6.45, 7) is 3.51. The molecule has 1 aromatic carbocycles. The average Bonchev–Trinajstić information content (AvgIpc) is 2.88. The predicted molar refractivity (Wildman–Crippen MR) is 82.8 cm³/mol. The Labute approximate surface area is 120 Å². The fourth-order valence-electron chi connectivity index (χ4n) is 2.10. The summed E-state index contributed by atoms with van der Waals surface area (Å²) < 4.78 is 1.96. The average molecular weight is 270 g/mol. The maximum atomic E-state index is 5.74. The van der Waals surface area contributed by atoms with Crippen molar-refractivity contribution in [1.82, 2.24) is 15.0 Å². The number of aromatic nitrogens is 3. The lowest BCUT2D eigenvalue weighted by Crippen LogP contribution is -2.04. The maximum Gasteiger partial charge on any atom is 0.104 e. The van der Waals surface area contributed by atoms with Gasteiger partial charge in [-0.05, 0) is 18.1 Å². The molecule has 1 heterocycles. The molecule has 106 valence electrons. The molecule has 0 atom stereocenters. The molecule has 0 amide bonds. The van der Waals surface area contributed by atoms with Crippen LogP contribution in [0.3, 0.4) is 0 Å². The molecule has 0 aliphatic heterocycles. The molecule has 4 nitrogen and oxygen atoms in total. The number of aryl methyl sites for hydroxylation is 1. The first-order valence-corrected chi connectivity index (χ1v) is 7.20. The second kappa shape index (κ2) is 7.60. The lowest BCUT2D eigenvalue weighted by atomic mass is 10.2. The van der Waals surface area contributed by atoms with Crippen LogP contribution in [0.15, 0.2) is 30.3 Å². The summed E-state index contributed by atoms with van der Waals surface area (Å²) in [5, 5.41) is 8.37. The van der Waals surface area contributed by atoms with Gasteiger partial charge in [-0.25, -0.2) is 4.68 Å². The van der Waals surface area contributed by atoms with Gasteiger partial charge < -0.3 is 5.73 Å². The summed E-state index contributed by atoms with van der Waals surface area (Å²) in [5.74, 6) is 0. The van der Waals surface area contributed by atoms with E-state index in [2.05, 4.69) is 41.5 Å². The summed E-state index contributed by atoms with van der Waals surface area (Å²) in [6.07, 6.45) is 7.67. The highest BCUT2D eigenvalue weighted by molar-refractivity contribution is 5.68. The highest BCUT2D eigenvalue weighted by Gasteiger charge is 2.08. The molecule has 0 saturated carbocycles. The van der Waals surface area contributed by atoms with Crippen molar-refractivity contribution in [1.29, 1.82) is 0 Å². The first kappa shape index (κ1) is 14.5. The number of rotatable bonds is 7. The van der Waals surface area contributed by atoms with Crippen LogP contribution in [0.2, 0.25) is 0 Å². The van der Waals surface area contributed by atoms with Crippen molar-refractivity contribution in [2.45, 2.75) is 39.3 Å². The Morgan fingerprint density at radius 2 is 1.95 bits per heavy atom. The quantitative estimate of drug-likeness (QED) is 0.786. The van der Waals surface area contributed by atoms with E-state index in [1.807, 2.05) is 22.9 Å². The van der Waals surface area contributed by atoms with Crippen LogP contribution in [0.1, 0.15) is 43.1 Å². The van der Waals surface area contributed by atoms with Gasteiger partial charge in [-0.15, -0.1) is 5.10 Å². The van der Waals surface area contributed by atoms with Crippen LogP contribution in [-0.4, -0.2) is 15.0 Å². The number of benzene rings is 1. The van der Waals surface area contributed by atoms with Crippen LogP contribution in [0.5, 0.6) is 0 Å². The Balaban J connectivity index is 2.16. The molecule has 0 aliphatic rings. The molecule has 0 saturated heterocycles. The van der Waals surface area contributed by atoms with E-state index in [9.17, 15) is 0 Å². The summed E-state index contributed by atoms with van der Waals surface area (Å²) in [5.41, 5.74) is 8.78. The van der Waals surface area contributed by atoms with Crippen LogP contribution in [0.25, 0.3) is 12.2 Å². The van der Waals surface area contributed by atoms with E-state index in [4.69, 9.17) is 5.73 Å². The number of nitrogens with two attached hydrogens (primary N) is 1. The molecule has 2 rings (SSSR count). The molecule has 4 heteroatoms. The summed E-state index contributed by atoms with van der Waals surface area (Å²) >= 11 is 0. The minimum Gasteiger partial charge on any atom is -0.325 e. The maximum absolute atomic E-state index is 5.74. The Morgan fingerprint density at radius 1 is 1.15 bits per heavy atom. The van der Waals surface area contributed by atoms with Gasteiger partial charge in [-0.3, -0.25) is 0 Å². The van der Waals surface area contributed by atoms with Crippen LogP contribution in [0, 0.1) is 0 Å². The third-order valence-electron chi connectivity index (χ3n) is 3.25. The van der Waals surface area contributed by atoms with Crippen molar-refractivity contribution in [3.8, 4) is 0 Å². The molecule has 2 aromatic rings. The van der Waals surface area contributed by atoms with E-state index >= 15 is 0 Å². The Hall–Kier alpha value is -1.94. The van der Waals surface area contributed by atoms with Gasteiger partial charge in [0.25, 0.3) is 0 Å². The zero-order valence-electron chi connectivity index (χ0n) is 12.0. The van der Waals surface area contributed by atoms with E-state index in [0.29, 0.717) is 6.54 Å². The first-order chi connectivity index (χ1) is 9.85. The van der Waals surface area contributed by atoms with Crippen molar-refractivity contribution in [2.75, 3.05) is 0 Å². The van der Waals surface area contributed by atoms with Gasteiger partial charge in [0.15, 0.2) is 0 Å². The molecular weight excluding hydrogens is 248 g/mol. The van der Waals surface area contributed by atoms with Gasteiger partial charge in [-0.1, -0.05) is 61.4 Å². The topological polar surface area (TPSA) is 56.7 Å².